The summed E-state index contributed by atoms with van der Waals surface area (Å²) in [4.78, 5) is 0. The Bertz CT molecular complexity index is 139. The maximum atomic E-state index is 8.89. The van der Waals surface area contributed by atoms with Gasteiger partial charge in [-0.05, 0) is 25.3 Å². The third-order valence-electron chi connectivity index (χ3n) is 2.47. The van der Waals surface area contributed by atoms with E-state index in [1.165, 1.54) is 12.8 Å². The van der Waals surface area contributed by atoms with Gasteiger partial charge in [-0.25, -0.2) is 0 Å². The molecular formula is C10H21NOS. The molecular weight excluding hydrogens is 182 g/mol. The molecule has 2 unspecified atom stereocenters. The van der Waals surface area contributed by atoms with E-state index in [0.717, 1.165) is 18.2 Å². The van der Waals surface area contributed by atoms with Crippen molar-refractivity contribution >= 4 is 11.8 Å². The van der Waals surface area contributed by atoms with Crippen LogP contribution in [0.4, 0.5) is 0 Å². The van der Waals surface area contributed by atoms with Crippen LogP contribution in [0.1, 0.15) is 26.7 Å². The van der Waals surface area contributed by atoms with E-state index in [2.05, 4.69) is 19.2 Å². The minimum absolute atomic E-state index is 0.300. The largest absolute Gasteiger partial charge is 0.395 e. The highest BCUT2D eigenvalue weighted by atomic mass is 32.2. The number of nitrogens with one attached hydrogen (secondary N) is 1. The number of thioether (sulfide) groups is 1. The first-order valence-corrected chi connectivity index (χ1v) is 6.28. The summed E-state index contributed by atoms with van der Waals surface area (Å²) in [5.74, 6) is 2.07. The molecule has 0 spiro atoms. The molecule has 1 rings (SSSR count). The van der Waals surface area contributed by atoms with E-state index in [4.69, 9.17) is 5.11 Å². The van der Waals surface area contributed by atoms with Gasteiger partial charge in [0.05, 0.1) is 6.61 Å². The first-order valence-electron chi connectivity index (χ1n) is 5.23. The molecule has 0 aromatic carbocycles. The van der Waals surface area contributed by atoms with Crippen LogP contribution in [-0.2, 0) is 0 Å². The molecule has 13 heavy (non-hydrogen) atoms. The van der Waals surface area contributed by atoms with Crippen molar-refractivity contribution in [2.75, 3.05) is 18.9 Å². The molecule has 2 atom stereocenters. The van der Waals surface area contributed by atoms with Crippen LogP contribution in [0.5, 0.6) is 0 Å². The third kappa shape index (κ3) is 4.34. The Balaban J connectivity index is 2.14. The first-order chi connectivity index (χ1) is 6.27. The molecule has 2 nitrogen and oxygen atoms in total. The van der Waals surface area contributed by atoms with Crippen LogP contribution >= 0.6 is 11.8 Å². The fraction of sp³-hybridized carbons (Fsp3) is 1.00. The van der Waals surface area contributed by atoms with Gasteiger partial charge < -0.3 is 10.4 Å². The highest BCUT2D eigenvalue weighted by Gasteiger charge is 2.30. The SMILES string of the molecule is CCNC(CSC(C)CO)C1CC1. The number of rotatable bonds is 7. The van der Waals surface area contributed by atoms with Crippen molar-refractivity contribution in [1.29, 1.82) is 0 Å². The fourth-order valence-corrected chi connectivity index (χ4v) is 2.47. The van der Waals surface area contributed by atoms with Gasteiger partial charge >= 0.3 is 0 Å². The zero-order valence-corrected chi connectivity index (χ0v) is 9.44. The van der Waals surface area contributed by atoms with Crippen molar-refractivity contribution in [2.45, 2.75) is 38.0 Å². The van der Waals surface area contributed by atoms with Crippen molar-refractivity contribution in [3.05, 3.63) is 0 Å². The second-order valence-electron chi connectivity index (χ2n) is 3.83. The molecule has 0 heterocycles. The van der Waals surface area contributed by atoms with Crippen molar-refractivity contribution in [2.24, 2.45) is 5.92 Å². The van der Waals surface area contributed by atoms with Crippen molar-refractivity contribution in [3.8, 4) is 0 Å². The molecule has 1 aliphatic rings. The molecule has 2 N–H and O–H groups in total. The average molecular weight is 203 g/mol. The van der Waals surface area contributed by atoms with Gasteiger partial charge in [0.2, 0.25) is 0 Å². The smallest absolute Gasteiger partial charge is 0.0547 e. The van der Waals surface area contributed by atoms with E-state index in [0.29, 0.717) is 17.9 Å². The van der Waals surface area contributed by atoms with Crippen LogP contribution in [0.15, 0.2) is 0 Å². The Morgan fingerprint density at radius 1 is 1.54 bits per heavy atom. The molecule has 0 aromatic heterocycles. The summed E-state index contributed by atoms with van der Waals surface area (Å²) in [6, 6.07) is 0.684. The van der Waals surface area contributed by atoms with Crippen LogP contribution in [-0.4, -0.2) is 35.3 Å². The summed E-state index contributed by atoms with van der Waals surface area (Å²) >= 11 is 1.88. The predicted molar refractivity (Wildman–Crippen MR) is 59.2 cm³/mol. The minimum Gasteiger partial charge on any atom is -0.395 e. The number of aliphatic hydroxyl groups is 1. The lowest BCUT2D eigenvalue weighted by molar-refractivity contribution is 0.300. The van der Waals surface area contributed by atoms with Crippen molar-refractivity contribution in [3.63, 3.8) is 0 Å². The van der Waals surface area contributed by atoms with E-state index < -0.39 is 0 Å². The lowest BCUT2D eigenvalue weighted by Gasteiger charge is -2.18. The van der Waals surface area contributed by atoms with Gasteiger partial charge in [-0.1, -0.05) is 13.8 Å². The zero-order valence-electron chi connectivity index (χ0n) is 8.62. The number of hydrogen-bond acceptors (Lipinski definition) is 3. The van der Waals surface area contributed by atoms with Crippen molar-refractivity contribution in [1.82, 2.24) is 5.32 Å². The lowest BCUT2D eigenvalue weighted by Crippen LogP contribution is -2.33. The van der Waals surface area contributed by atoms with Gasteiger partial charge in [0, 0.05) is 17.0 Å². The number of aliphatic hydroxyl groups excluding tert-OH is 1. The number of hydrogen-bond donors (Lipinski definition) is 2. The molecule has 0 aliphatic heterocycles. The molecule has 1 fully saturated rings. The van der Waals surface area contributed by atoms with E-state index in [1.807, 2.05) is 11.8 Å². The molecule has 1 aliphatic carbocycles. The van der Waals surface area contributed by atoms with Crippen LogP contribution in [0, 0.1) is 5.92 Å². The summed E-state index contributed by atoms with van der Waals surface area (Å²) in [5.41, 5.74) is 0. The molecule has 0 bridgehead atoms. The topological polar surface area (TPSA) is 32.3 Å². The normalized spacial score (nSPS) is 21.5. The molecule has 78 valence electrons. The summed E-state index contributed by atoms with van der Waals surface area (Å²) in [6.45, 7) is 5.61. The van der Waals surface area contributed by atoms with Gasteiger partial charge in [0.25, 0.3) is 0 Å². The summed E-state index contributed by atoms with van der Waals surface area (Å²) < 4.78 is 0. The Morgan fingerprint density at radius 3 is 2.69 bits per heavy atom. The highest BCUT2D eigenvalue weighted by molar-refractivity contribution is 7.99. The van der Waals surface area contributed by atoms with Gasteiger partial charge in [-0.3, -0.25) is 0 Å². The van der Waals surface area contributed by atoms with E-state index in [-0.39, 0.29) is 0 Å². The highest BCUT2D eigenvalue weighted by Crippen LogP contribution is 2.34. The quantitative estimate of drug-likeness (QED) is 0.657. The minimum atomic E-state index is 0.300. The first kappa shape index (κ1) is 11.3. The third-order valence-corrected chi connectivity index (χ3v) is 3.74. The van der Waals surface area contributed by atoms with Gasteiger partial charge in [0.1, 0.15) is 0 Å². The molecule has 0 saturated heterocycles. The average Bonchev–Trinajstić information content (AvgIpc) is 2.94. The van der Waals surface area contributed by atoms with Gasteiger partial charge in [-0.2, -0.15) is 11.8 Å². The summed E-state index contributed by atoms with van der Waals surface area (Å²) in [5, 5.41) is 12.8. The maximum Gasteiger partial charge on any atom is 0.0547 e. The predicted octanol–water partition coefficient (Wildman–Crippen LogP) is 1.49. The van der Waals surface area contributed by atoms with Crippen LogP contribution < -0.4 is 5.32 Å². The summed E-state index contributed by atoms with van der Waals surface area (Å²) in [7, 11) is 0. The van der Waals surface area contributed by atoms with Gasteiger partial charge in [-0.15, -0.1) is 0 Å². The fourth-order valence-electron chi connectivity index (χ4n) is 1.44. The summed E-state index contributed by atoms with van der Waals surface area (Å²) in [6.07, 6.45) is 2.79. The molecule has 0 aromatic rings. The molecule has 0 amide bonds. The second kappa shape index (κ2) is 5.89. The molecule has 3 heteroatoms. The molecule has 1 saturated carbocycles. The van der Waals surface area contributed by atoms with Crippen LogP contribution in [0.2, 0.25) is 0 Å². The second-order valence-corrected chi connectivity index (χ2v) is 5.30. The molecule has 0 radical (unpaired) electrons. The van der Waals surface area contributed by atoms with E-state index >= 15 is 0 Å². The Hall–Kier alpha value is 0.270. The Kier molecular flexibility index (Phi) is 5.14. The van der Waals surface area contributed by atoms with Crippen LogP contribution in [0.25, 0.3) is 0 Å². The standard InChI is InChI=1S/C10H21NOS/c1-3-11-10(9-4-5-9)7-13-8(2)6-12/h8-12H,3-7H2,1-2H3. The van der Waals surface area contributed by atoms with Crippen molar-refractivity contribution < 1.29 is 5.11 Å². The Labute approximate surface area is 85.5 Å². The van der Waals surface area contributed by atoms with Gasteiger partial charge in [0.15, 0.2) is 0 Å². The zero-order chi connectivity index (χ0) is 9.68. The maximum absolute atomic E-state index is 8.89. The van der Waals surface area contributed by atoms with E-state index in [9.17, 15) is 0 Å². The van der Waals surface area contributed by atoms with E-state index in [1.54, 1.807) is 0 Å². The van der Waals surface area contributed by atoms with Crippen LogP contribution in [0.3, 0.4) is 0 Å². The lowest BCUT2D eigenvalue weighted by atomic mass is 10.2. The monoisotopic (exact) mass is 203 g/mol. The Morgan fingerprint density at radius 2 is 2.23 bits per heavy atom.